The van der Waals surface area contributed by atoms with Crippen LogP contribution < -0.4 is 10.2 Å². The maximum Gasteiger partial charge on any atom is 0.242 e. The van der Waals surface area contributed by atoms with Crippen LogP contribution in [0.4, 0.5) is 5.82 Å². The Hall–Kier alpha value is -1.89. The molecule has 18 heavy (non-hydrogen) atoms. The van der Waals surface area contributed by atoms with Crippen molar-refractivity contribution in [2.75, 3.05) is 18.0 Å². The number of hydrogen-bond acceptors (Lipinski definition) is 5. The first-order chi connectivity index (χ1) is 8.66. The first-order valence-electron chi connectivity index (χ1n) is 5.58. The predicted molar refractivity (Wildman–Crippen MR) is 66.5 cm³/mol. The van der Waals surface area contributed by atoms with Crippen molar-refractivity contribution in [1.29, 1.82) is 0 Å². The largest absolute Gasteiger partial charge is 0.353 e. The molecule has 1 amide bonds. The second-order valence-corrected chi connectivity index (χ2v) is 4.42. The highest BCUT2D eigenvalue weighted by molar-refractivity contribution is 6.28. The fourth-order valence-corrected chi connectivity index (χ4v) is 2.23. The van der Waals surface area contributed by atoms with Gasteiger partial charge in [-0.05, 0) is 18.5 Å². The van der Waals surface area contributed by atoms with Gasteiger partial charge >= 0.3 is 0 Å². The van der Waals surface area contributed by atoms with Gasteiger partial charge in [0.05, 0.1) is 6.33 Å². The van der Waals surface area contributed by atoms with E-state index in [4.69, 9.17) is 11.6 Å². The maximum atomic E-state index is 11.7. The first-order valence-corrected chi connectivity index (χ1v) is 5.95. The van der Waals surface area contributed by atoms with Gasteiger partial charge in [0.2, 0.25) is 11.2 Å². The molecule has 2 aromatic heterocycles. The van der Waals surface area contributed by atoms with E-state index in [9.17, 15) is 4.79 Å². The van der Waals surface area contributed by atoms with Crippen molar-refractivity contribution in [3.63, 3.8) is 0 Å². The molecule has 1 aliphatic heterocycles. The zero-order valence-electron chi connectivity index (χ0n) is 9.64. The minimum Gasteiger partial charge on any atom is -0.353 e. The summed E-state index contributed by atoms with van der Waals surface area (Å²) < 4.78 is 0. The smallest absolute Gasteiger partial charge is 0.242 e. The molecule has 0 saturated carbocycles. The van der Waals surface area contributed by atoms with Crippen LogP contribution in [0, 0.1) is 0 Å². The van der Waals surface area contributed by atoms with E-state index in [2.05, 4.69) is 25.3 Å². The Bertz CT molecular complexity index is 611. The van der Waals surface area contributed by atoms with E-state index in [1.165, 1.54) is 6.33 Å². The number of aromatic amines is 1. The number of rotatable bonds is 1. The number of carbonyl (C=O) groups is 1. The zero-order chi connectivity index (χ0) is 12.7. The van der Waals surface area contributed by atoms with Crippen molar-refractivity contribution < 1.29 is 4.79 Å². The number of fused-ring (bicyclic) bond motifs is 1. The molecule has 94 valence electrons. The number of piperazine rings is 1. The Morgan fingerprint density at radius 2 is 2.33 bits per heavy atom. The van der Waals surface area contributed by atoms with Gasteiger partial charge in [-0.2, -0.15) is 9.97 Å². The highest BCUT2D eigenvalue weighted by Gasteiger charge is 2.28. The highest BCUT2D eigenvalue weighted by Crippen LogP contribution is 2.25. The number of carbonyl (C=O) groups excluding carboxylic acids is 1. The molecule has 0 radical (unpaired) electrons. The van der Waals surface area contributed by atoms with Gasteiger partial charge in [0.1, 0.15) is 11.6 Å². The van der Waals surface area contributed by atoms with Crippen molar-refractivity contribution >= 4 is 34.5 Å². The molecule has 1 unspecified atom stereocenters. The van der Waals surface area contributed by atoms with E-state index in [-0.39, 0.29) is 17.2 Å². The lowest BCUT2D eigenvalue weighted by molar-refractivity contribution is -0.122. The molecule has 1 atom stereocenters. The monoisotopic (exact) mass is 266 g/mol. The molecule has 0 aliphatic carbocycles. The summed E-state index contributed by atoms with van der Waals surface area (Å²) in [6, 6.07) is -0.295. The Balaban J connectivity index is 2.12. The normalized spacial score (nSPS) is 20.2. The summed E-state index contributed by atoms with van der Waals surface area (Å²) >= 11 is 5.88. The molecule has 3 rings (SSSR count). The van der Waals surface area contributed by atoms with Gasteiger partial charge in [0, 0.05) is 13.1 Å². The van der Waals surface area contributed by atoms with Crippen LogP contribution in [0.5, 0.6) is 0 Å². The average Bonchev–Trinajstić information content (AvgIpc) is 2.79. The van der Waals surface area contributed by atoms with Gasteiger partial charge in [-0.25, -0.2) is 4.98 Å². The second kappa shape index (κ2) is 4.09. The predicted octanol–water partition coefficient (Wildman–Crippen LogP) is 0.331. The number of anilines is 1. The Morgan fingerprint density at radius 3 is 3.17 bits per heavy atom. The summed E-state index contributed by atoms with van der Waals surface area (Å²) in [6.07, 6.45) is 1.54. The molecular weight excluding hydrogens is 256 g/mol. The van der Waals surface area contributed by atoms with Crippen LogP contribution in [-0.2, 0) is 4.79 Å². The van der Waals surface area contributed by atoms with Gasteiger partial charge in [0.25, 0.3) is 0 Å². The third-order valence-electron chi connectivity index (χ3n) is 3.01. The van der Waals surface area contributed by atoms with Crippen LogP contribution in [-0.4, -0.2) is 45.0 Å². The molecule has 3 heterocycles. The van der Waals surface area contributed by atoms with Gasteiger partial charge in [-0.3, -0.25) is 4.79 Å². The maximum absolute atomic E-state index is 11.7. The average molecular weight is 267 g/mol. The van der Waals surface area contributed by atoms with Crippen molar-refractivity contribution in [2.45, 2.75) is 13.0 Å². The van der Waals surface area contributed by atoms with Gasteiger partial charge in [0.15, 0.2) is 11.5 Å². The molecule has 2 N–H and O–H groups in total. The van der Waals surface area contributed by atoms with Gasteiger partial charge in [-0.1, -0.05) is 0 Å². The fourth-order valence-electron chi connectivity index (χ4n) is 2.07. The minimum atomic E-state index is -0.295. The molecule has 1 saturated heterocycles. The first kappa shape index (κ1) is 11.2. The number of aromatic nitrogens is 4. The van der Waals surface area contributed by atoms with Crippen LogP contribution >= 0.6 is 11.6 Å². The molecule has 1 aliphatic rings. The highest BCUT2D eigenvalue weighted by atomic mass is 35.5. The van der Waals surface area contributed by atoms with Crippen LogP contribution in [0.1, 0.15) is 6.92 Å². The molecule has 7 nitrogen and oxygen atoms in total. The third kappa shape index (κ3) is 1.67. The van der Waals surface area contributed by atoms with E-state index >= 15 is 0 Å². The van der Waals surface area contributed by atoms with Crippen LogP contribution in [0.15, 0.2) is 6.33 Å². The Kier molecular flexibility index (Phi) is 2.55. The summed E-state index contributed by atoms with van der Waals surface area (Å²) in [7, 11) is 0. The van der Waals surface area contributed by atoms with Crippen LogP contribution in [0.2, 0.25) is 5.28 Å². The number of imidazole rings is 1. The topological polar surface area (TPSA) is 86.8 Å². The molecule has 0 bridgehead atoms. The summed E-state index contributed by atoms with van der Waals surface area (Å²) in [5.74, 6) is 0.591. The van der Waals surface area contributed by atoms with Crippen molar-refractivity contribution in [2.24, 2.45) is 0 Å². The van der Waals surface area contributed by atoms with E-state index < -0.39 is 0 Å². The number of amides is 1. The molecule has 0 aromatic carbocycles. The lowest BCUT2D eigenvalue weighted by Gasteiger charge is -2.33. The minimum absolute atomic E-state index is 0.0244. The summed E-state index contributed by atoms with van der Waals surface area (Å²) in [5, 5.41) is 2.93. The van der Waals surface area contributed by atoms with Crippen LogP contribution in [0.3, 0.4) is 0 Å². The SMILES string of the molecule is CC1C(=O)NCCN1c1nc(Cl)nc2nc[nH]c12. The van der Waals surface area contributed by atoms with E-state index in [1.54, 1.807) is 0 Å². The molecule has 2 aromatic rings. The standard InChI is InChI=1S/C10H11ClN6O/c1-5-9(18)12-2-3-17(5)8-6-7(14-4-13-6)15-10(11)16-8/h4-5H,2-3H2,1H3,(H,12,18)(H,13,14,15,16). The van der Waals surface area contributed by atoms with E-state index in [0.717, 1.165) is 0 Å². The van der Waals surface area contributed by atoms with E-state index in [0.29, 0.717) is 30.1 Å². The summed E-state index contributed by atoms with van der Waals surface area (Å²) in [6.45, 7) is 3.08. The van der Waals surface area contributed by atoms with Crippen LogP contribution in [0.25, 0.3) is 11.2 Å². The molecule has 8 heteroatoms. The number of nitrogens with zero attached hydrogens (tertiary/aromatic N) is 4. The van der Waals surface area contributed by atoms with E-state index in [1.807, 2.05) is 11.8 Å². The summed E-state index contributed by atoms with van der Waals surface area (Å²) in [5.41, 5.74) is 1.20. The molecule has 0 spiro atoms. The quantitative estimate of drug-likeness (QED) is 0.727. The van der Waals surface area contributed by atoms with Crippen molar-refractivity contribution in [3.8, 4) is 0 Å². The van der Waals surface area contributed by atoms with Gasteiger partial charge < -0.3 is 15.2 Å². The third-order valence-corrected chi connectivity index (χ3v) is 3.18. The number of H-pyrrole nitrogens is 1. The summed E-state index contributed by atoms with van der Waals surface area (Å²) in [4.78, 5) is 28.8. The Morgan fingerprint density at radius 1 is 1.50 bits per heavy atom. The number of nitrogens with one attached hydrogen (secondary N) is 2. The lowest BCUT2D eigenvalue weighted by Crippen LogP contribution is -2.54. The fraction of sp³-hybridized carbons (Fsp3) is 0.400. The van der Waals surface area contributed by atoms with Crippen molar-refractivity contribution in [3.05, 3.63) is 11.6 Å². The molecular formula is C10H11ClN6O. The number of hydrogen-bond donors (Lipinski definition) is 2. The zero-order valence-corrected chi connectivity index (χ0v) is 10.4. The Labute approximate surface area is 108 Å². The second-order valence-electron chi connectivity index (χ2n) is 4.08. The molecule has 1 fully saturated rings. The number of halogens is 1. The lowest BCUT2D eigenvalue weighted by atomic mass is 10.2. The van der Waals surface area contributed by atoms with Crippen molar-refractivity contribution in [1.82, 2.24) is 25.3 Å². The van der Waals surface area contributed by atoms with Gasteiger partial charge in [-0.15, -0.1) is 0 Å².